The zero-order valence-corrected chi connectivity index (χ0v) is 15.1. The van der Waals surface area contributed by atoms with Crippen LogP contribution in [0.4, 0.5) is 10.1 Å². The zero-order chi connectivity index (χ0) is 18.7. The lowest BCUT2D eigenvalue weighted by Gasteiger charge is -2.32. The number of nitrogens with zero attached hydrogens (tertiary/aromatic N) is 1. The number of rotatable bonds is 4. The number of nitrogen functional groups attached to an aromatic ring is 1. The molecule has 3 rings (SSSR count). The fourth-order valence-electron chi connectivity index (χ4n) is 2.96. The summed E-state index contributed by atoms with van der Waals surface area (Å²) in [4.78, 5) is 14.6. The Morgan fingerprint density at radius 2 is 1.88 bits per heavy atom. The zero-order valence-electron chi connectivity index (χ0n) is 14.4. The Morgan fingerprint density at radius 1 is 1.23 bits per heavy atom. The van der Waals surface area contributed by atoms with Crippen molar-refractivity contribution in [2.24, 2.45) is 0 Å². The second kappa shape index (κ2) is 7.83. The summed E-state index contributed by atoms with van der Waals surface area (Å²) in [5.74, 6) is 0.586. The molecule has 0 aliphatic carbocycles. The van der Waals surface area contributed by atoms with Crippen LogP contribution in [0, 0.1) is 5.82 Å². The summed E-state index contributed by atoms with van der Waals surface area (Å²) in [7, 11) is 1.49. The lowest BCUT2D eigenvalue weighted by Crippen LogP contribution is -2.41. The Morgan fingerprint density at radius 3 is 2.50 bits per heavy atom. The minimum Gasteiger partial charge on any atom is -0.496 e. The van der Waals surface area contributed by atoms with Gasteiger partial charge in [0.1, 0.15) is 23.4 Å². The van der Waals surface area contributed by atoms with E-state index in [0.29, 0.717) is 53.7 Å². The molecule has 1 saturated heterocycles. The summed E-state index contributed by atoms with van der Waals surface area (Å²) >= 11 is 6.05. The summed E-state index contributed by atoms with van der Waals surface area (Å²) in [6, 6.07) is 9.04. The van der Waals surface area contributed by atoms with Crippen LogP contribution in [0.15, 0.2) is 36.4 Å². The summed E-state index contributed by atoms with van der Waals surface area (Å²) in [5, 5.41) is 0.323. The molecular weight excluding hydrogens is 359 g/mol. The molecule has 26 heavy (non-hydrogen) atoms. The molecule has 7 heteroatoms. The Bertz CT molecular complexity index is 790. The van der Waals surface area contributed by atoms with Gasteiger partial charge in [-0.2, -0.15) is 0 Å². The topological polar surface area (TPSA) is 64.8 Å². The molecule has 2 aromatic rings. The number of halogens is 2. The molecule has 0 radical (unpaired) electrons. The van der Waals surface area contributed by atoms with Crippen molar-refractivity contribution >= 4 is 23.2 Å². The van der Waals surface area contributed by atoms with E-state index in [1.807, 2.05) is 0 Å². The average molecular weight is 379 g/mol. The van der Waals surface area contributed by atoms with E-state index < -0.39 is 0 Å². The van der Waals surface area contributed by atoms with Crippen molar-refractivity contribution in [3.8, 4) is 11.5 Å². The molecule has 0 saturated carbocycles. The summed E-state index contributed by atoms with van der Waals surface area (Å²) < 4.78 is 24.1. The average Bonchev–Trinajstić information content (AvgIpc) is 2.65. The standard InChI is InChI=1S/C19H20ClFN2O3/c1-25-18-11-17(22)16(20)10-15(18)19(24)23-8-6-14(7-9-23)26-13-4-2-12(21)3-5-13/h2-5,10-11,14H,6-9,22H2,1H3. The van der Waals surface area contributed by atoms with Crippen LogP contribution >= 0.6 is 11.6 Å². The number of methoxy groups -OCH3 is 1. The third-order valence-corrected chi connectivity index (χ3v) is 4.72. The second-order valence-electron chi connectivity index (χ2n) is 6.14. The van der Waals surface area contributed by atoms with Crippen LogP contribution in [-0.4, -0.2) is 37.1 Å². The highest BCUT2D eigenvalue weighted by Crippen LogP contribution is 2.30. The van der Waals surface area contributed by atoms with Crippen molar-refractivity contribution in [1.82, 2.24) is 4.90 Å². The van der Waals surface area contributed by atoms with Gasteiger partial charge in [0, 0.05) is 32.0 Å². The summed E-state index contributed by atoms with van der Waals surface area (Å²) in [6.45, 7) is 1.10. The van der Waals surface area contributed by atoms with Crippen LogP contribution in [-0.2, 0) is 0 Å². The number of anilines is 1. The second-order valence-corrected chi connectivity index (χ2v) is 6.54. The molecule has 1 amide bonds. The lowest BCUT2D eigenvalue weighted by molar-refractivity contribution is 0.0592. The van der Waals surface area contributed by atoms with Gasteiger partial charge in [-0.1, -0.05) is 11.6 Å². The number of carbonyl (C=O) groups is 1. The van der Waals surface area contributed by atoms with Gasteiger partial charge in [0.05, 0.1) is 23.4 Å². The molecule has 1 heterocycles. The van der Waals surface area contributed by atoms with Gasteiger partial charge < -0.3 is 20.1 Å². The number of hydrogen-bond acceptors (Lipinski definition) is 4. The first-order valence-corrected chi connectivity index (χ1v) is 8.70. The molecule has 0 atom stereocenters. The van der Waals surface area contributed by atoms with E-state index in [2.05, 4.69) is 0 Å². The van der Waals surface area contributed by atoms with E-state index >= 15 is 0 Å². The summed E-state index contributed by atoms with van der Waals surface area (Å²) in [6.07, 6.45) is 1.36. The van der Waals surface area contributed by atoms with E-state index in [1.54, 1.807) is 29.2 Å². The molecule has 2 aromatic carbocycles. The molecule has 1 aliphatic heterocycles. The molecule has 0 aromatic heterocycles. The highest BCUT2D eigenvalue weighted by molar-refractivity contribution is 6.33. The number of carbonyl (C=O) groups excluding carboxylic acids is 1. The van der Waals surface area contributed by atoms with Crippen molar-refractivity contribution in [3.63, 3.8) is 0 Å². The van der Waals surface area contributed by atoms with Gasteiger partial charge in [-0.05, 0) is 30.3 Å². The fraction of sp³-hybridized carbons (Fsp3) is 0.316. The largest absolute Gasteiger partial charge is 0.496 e. The number of ether oxygens (including phenoxy) is 2. The van der Waals surface area contributed by atoms with Gasteiger partial charge in [-0.25, -0.2) is 4.39 Å². The maximum Gasteiger partial charge on any atom is 0.257 e. The van der Waals surface area contributed by atoms with Crippen molar-refractivity contribution in [1.29, 1.82) is 0 Å². The maximum atomic E-state index is 13.0. The molecule has 2 N–H and O–H groups in total. The number of likely N-dealkylation sites (tertiary alicyclic amines) is 1. The number of amides is 1. The number of hydrogen-bond donors (Lipinski definition) is 1. The van der Waals surface area contributed by atoms with Crippen molar-refractivity contribution in [3.05, 3.63) is 52.8 Å². The monoisotopic (exact) mass is 378 g/mol. The third kappa shape index (κ3) is 4.02. The number of piperidine rings is 1. The van der Waals surface area contributed by atoms with Crippen molar-refractivity contribution < 1.29 is 18.7 Å². The van der Waals surface area contributed by atoms with Crippen LogP contribution in [0.1, 0.15) is 23.2 Å². The van der Waals surface area contributed by atoms with Gasteiger partial charge in [0.2, 0.25) is 0 Å². The van der Waals surface area contributed by atoms with Crippen LogP contribution in [0.5, 0.6) is 11.5 Å². The molecule has 138 valence electrons. The molecule has 0 bridgehead atoms. The minimum absolute atomic E-state index is 0.0126. The van der Waals surface area contributed by atoms with Gasteiger partial charge >= 0.3 is 0 Å². The molecule has 1 fully saturated rings. The molecule has 1 aliphatic rings. The van der Waals surface area contributed by atoms with Crippen molar-refractivity contribution in [2.75, 3.05) is 25.9 Å². The lowest BCUT2D eigenvalue weighted by atomic mass is 10.1. The highest BCUT2D eigenvalue weighted by atomic mass is 35.5. The molecule has 5 nitrogen and oxygen atoms in total. The number of benzene rings is 2. The van der Waals surface area contributed by atoms with E-state index in [-0.39, 0.29) is 17.8 Å². The maximum absolute atomic E-state index is 13.0. The number of nitrogens with two attached hydrogens (primary N) is 1. The first-order valence-electron chi connectivity index (χ1n) is 8.32. The Balaban J connectivity index is 1.63. The Labute approximate surface area is 156 Å². The Kier molecular flexibility index (Phi) is 5.52. The van der Waals surface area contributed by atoms with Crippen molar-refractivity contribution in [2.45, 2.75) is 18.9 Å². The van der Waals surface area contributed by atoms with Gasteiger partial charge in [-0.3, -0.25) is 4.79 Å². The third-order valence-electron chi connectivity index (χ3n) is 4.39. The predicted molar refractivity (Wildman–Crippen MR) is 98.4 cm³/mol. The van der Waals surface area contributed by atoms with Crippen LogP contribution in [0.2, 0.25) is 5.02 Å². The van der Waals surface area contributed by atoms with Crippen LogP contribution in [0.25, 0.3) is 0 Å². The van der Waals surface area contributed by atoms with Crippen LogP contribution < -0.4 is 15.2 Å². The quantitative estimate of drug-likeness (QED) is 0.823. The minimum atomic E-state index is -0.297. The summed E-state index contributed by atoms with van der Waals surface area (Å²) in [5.41, 5.74) is 6.53. The predicted octanol–water partition coefficient (Wildman–Crippen LogP) is 3.75. The van der Waals surface area contributed by atoms with Crippen LogP contribution in [0.3, 0.4) is 0 Å². The first-order chi connectivity index (χ1) is 12.5. The van der Waals surface area contributed by atoms with Gasteiger partial charge in [0.25, 0.3) is 5.91 Å². The normalized spacial score (nSPS) is 15.0. The fourth-order valence-corrected chi connectivity index (χ4v) is 3.12. The molecule has 0 unspecified atom stereocenters. The highest BCUT2D eigenvalue weighted by Gasteiger charge is 2.27. The van der Waals surface area contributed by atoms with Gasteiger partial charge in [-0.15, -0.1) is 0 Å². The smallest absolute Gasteiger partial charge is 0.257 e. The Hall–Kier alpha value is -2.47. The van der Waals surface area contributed by atoms with E-state index in [1.165, 1.54) is 19.2 Å². The first kappa shape index (κ1) is 18.3. The van der Waals surface area contributed by atoms with E-state index in [0.717, 1.165) is 0 Å². The molecular formula is C19H20ClFN2O3. The van der Waals surface area contributed by atoms with Gasteiger partial charge in [0.15, 0.2) is 0 Å². The van der Waals surface area contributed by atoms with E-state index in [9.17, 15) is 9.18 Å². The SMILES string of the molecule is COc1cc(N)c(Cl)cc1C(=O)N1CCC(Oc2ccc(F)cc2)CC1. The molecule has 0 spiro atoms. The van der Waals surface area contributed by atoms with E-state index in [4.69, 9.17) is 26.8 Å².